The minimum Gasteiger partial charge on any atom is -0.382 e. The summed E-state index contributed by atoms with van der Waals surface area (Å²) in [5, 5.41) is 3.40. The van der Waals surface area contributed by atoms with Crippen molar-refractivity contribution in [1.29, 1.82) is 0 Å². The first-order valence-corrected chi connectivity index (χ1v) is 5.45. The minimum atomic E-state index is 0.411. The number of H-pyrrole nitrogens is 1. The number of nitrogens with one attached hydrogen (secondary N) is 2. The molecule has 16 heavy (non-hydrogen) atoms. The van der Waals surface area contributed by atoms with Crippen LogP contribution in [-0.2, 0) is 0 Å². The topological polar surface area (TPSA) is 92.5 Å². The molecule has 84 valence electrons. The molecule has 1 saturated heterocycles. The molecule has 1 fully saturated rings. The highest BCUT2D eigenvalue weighted by atomic mass is 15.1. The van der Waals surface area contributed by atoms with Gasteiger partial charge >= 0.3 is 0 Å². The average Bonchev–Trinajstić information content (AvgIpc) is 2.84. The molecule has 3 heterocycles. The Hall–Kier alpha value is -1.69. The smallest absolute Gasteiger partial charge is 0.183 e. The van der Waals surface area contributed by atoms with Crippen LogP contribution in [0.2, 0.25) is 0 Å². The van der Waals surface area contributed by atoms with Crippen LogP contribution in [0.4, 0.5) is 5.82 Å². The van der Waals surface area contributed by atoms with Gasteiger partial charge in [0.15, 0.2) is 11.5 Å². The third-order valence-corrected chi connectivity index (χ3v) is 3.21. The van der Waals surface area contributed by atoms with Gasteiger partial charge in [0.2, 0.25) is 0 Å². The molecular weight excluding hydrogens is 204 g/mol. The lowest BCUT2D eigenvalue weighted by atomic mass is 10.0. The van der Waals surface area contributed by atoms with Gasteiger partial charge in [-0.05, 0) is 19.9 Å². The number of aromatic nitrogens is 4. The molecule has 0 aliphatic carbocycles. The Morgan fingerprint density at radius 2 is 2.31 bits per heavy atom. The van der Waals surface area contributed by atoms with Gasteiger partial charge in [0.25, 0.3) is 0 Å². The summed E-state index contributed by atoms with van der Waals surface area (Å²) >= 11 is 0. The fourth-order valence-electron chi connectivity index (χ4n) is 2.27. The summed E-state index contributed by atoms with van der Waals surface area (Å²) in [4.78, 5) is 15.8. The fourth-order valence-corrected chi connectivity index (χ4v) is 2.27. The predicted octanol–water partition coefficient (Wildman–Crippen LogP) is 0.400. The number of aromatic amines is 1. The van der Waals surface area contributed by atoms with Crippen molar-refractivity contribution in [3.05, 3.63) is 12.2 Å². The summed E-state index contributed by atoms with van der Waals surface area (Å²) in [6.07, 6.45) is 2.53. The lowest BCUT2D eigenvalue weighted by molar-refractivity contribution is 0.574. The molecule has 0 amide bonds. The molecule has 1 aliphatic heterocycles. The van der Waals surface area contributed by atoms with Gasteiger partial charge in [-0.3, -0.25) is 0 Å². The highest BCUT2D eigenvalue weighted by molar-refractivity contribution is 5.81. The van der Waals surface area contributed by atoms with Gasteiger partial charge < -0.3 is 16.0 Å². The monoisotopic (exact) mass is 218 g/mol. The number of nitrogen functional groups attached to an aromatic ring is 1. The summed E-state index contributed by atoms with van der Waals surface area (Å²) in [5.74, 6) is 1.83. The Balaban J connectivity index is 2.08. The van der Waals surface area contributed by atoms with Crippen LogP contribution in [0.5, 0.6) is 0 Å². The first kappa shape index (κ1) is 9.53. The van der Waals surface area contributed by atoms with Crippen LogP contribution in [-0.4, -0.2) is 32.5 Å². The summed E-state index contributed by atoms with van der Waals surface area (Å²) < 4.78 is 0. The van der Waals surface area contributed by atoms with Gasteiger partial charge in [0, 0.05) is 12.0 Å². The normalized spacial score (nSPS) is 25.3. The number of hydrogen-bond donors (Lipinski definition) is 3. The summed E-state index contributed by atoms with van der Waals surface area (Å²) in [6, 6.07) is 0.440. The van der Waals surface area contributed by atoms with Gasteiger partial charge in [-0.1, -0.05) is 0 Å². The van der Waals surface area contributed by atoms with E-state index in [0.29, 0.717) is 23.4 Å². The number of fused-ring (bicyclic) bond motifs is 1. The van der Waals surface area contributed by atoms with Crippen molar-refractivity contribution < 1.29 is 0 Å². The SMILES string of the molecule is CC1NCCC1c1nc2ncnc(N)c2[nH]1. The van der Waals surface area contributed by atoms with E-state index in [1.165, 1.54) is 6.33 Å². The van der Waals surface area contributed by atoms with Crippen LogP contribution in [0.3, 0.4) is 0 Å². The van der Waals surface area contributed by atoms with Crippen LogP contribution in [0.1, 0.15) is 25.1 Å². The van der Waals surface area contributed by atoms with Gasteiger partial charge in [-0.15, -0.1) is 0 Å². The highest BCUT2D eigenvalue weighted by Crippen LogP contribution is 2.27. The van der Waals surface area contributed by atoms with E-state index < -0.39 is 0 Å². The van der Waals surface area contributed by atoms with Crippen molar-refractivity contribution in [1.82, 2.24) is 25.3 Å². The highest BCUT2D eigenvalue weighted by Gasteiger charge is 2.27. The zero-order valence-corrected chi connectivity index (χ0v) is 9.07. The standard InChI is InChI=1S/C10H14N6/c1-5-6(2-3-12-5)9-15-7-8(11)13-4-14-10(7)16-9/h4-6,12H,2-3H2,1H3,(H3,11,13,14,15,16). The molecule has 6 heteroatoms. The van der Waals surface area contributed by atoms with E-state index in [-0.39, 0.29) is 0 Å². The maximum atomic E-state index is 5.76. The Morgan fingerprint density at radius 1 is 1.44 bits per heavy atom. The molecule has 6 nitrogen and oxygen atoms in total. The summed E-state index contributed by atoms with van der Waals surface area (Å²) in [7, 11) is 0. The van der Waals surface area contributed by atoms with E-state index in [9.17, 15) is 0 Å². The molecule has 3 rings (SSSR count). The molecule has 2 aromatic rings. The first-order chi connectivity index (χ1) is 7.75. The van der Waals surface area contributed by atoms with Crippen molar-refractivity contribution in [3.8, 4) is 0 Å². The maximum Gasteiger partial charge on any atom is 0.183 e. The van der Waals surface area contributed by atoms with E-state index in [1.807, 2.05) is 0 Å². The molecule has 0 spiro atoms. The second-order valence-corrected chi connectivity index (χ2v) is 4.22. The van der Waals surface area contributed by atoms with Crippen molar-refractivity contribution in [2.24, 2.45) is 0 Å². The second-order valence-electron chi connectivity index (χ2n) is 4.22. The number of nitrogens with two attached hydrogens (primary N) is 1. The molecule has 0 saturated carbocycles. The number of anilines is 1. The molecule has 2 unspecified atom stereocenters. The predicted molar refractivity (Wildman–Crippen MR) is 60.9 cm³/mol. The van der Waals surface area contributed by atoms with E-state index in [4.69, 9.17) is 5.73 Å². The van der Waals surface area contributed by atoms with E-state index in [1.54, 1.807) is 0 Å². The molecule has 1 aliphatic rings. The first-order valence-electron chi connectivity index (χ1n) is 5.45. The lowest BCUT2D eigenvalue weighted by Gasteiger charge is -2.11. The van der Waals surface area contributed by atoms with Crippen LogP contribution >= 0.6 is 0 Å². The zero-order chi connectivity index (χ0) is 11.1. The van der Waals surface area contributed by atoms with E-state index in [2.05, 4.69) is 32.2 Å². The fraction of sp³-hybridized carbons (Fsp3) is 0.500. The third-order valence-electron chi connectivity index (χ3n) is 3.21. The quantitative estimate of drug-likeness (QED) is 0.644. The Labute approximate surface area is 92.7 Å². The minimum absolute atomic E-state index is 0.411. The lowest BCUT2D eigenvalue weighted by Crippen LogP contribution is -2.22. The molecule has 0 bridgehead atoms. The molecule has 0 aromatic carbocycles. The number of rotatable bonds is 1. The maximum absolute atomic E-state index is 5.76. The Bertz CT molecular complexity index is 519. The number of hydrogen-bond acceptors (Lipinski definition) is 5. The van der Waals surface area contributed by atoms with Gasteiger partial charge in [0.05, 0.1) is 0 Å². The average molecular weight is 218 g/mol. The van der Waals surface area contributed by atoms with Crippen LogP contribution < -0.4 is 11.1 Å². The Morgan fingerprint density at radius 3 is 3.00 bits per heavy atom. The van der Waals surface area contributed by atoms with Crippen LogP contribution in [0.25, 0.3) is 11.2 Å². The Kier molecular flexibility index (Phi) is 2.03. The molecular formula is C10H14N6. The number of imidazole rings is 1. The van der Waals surface area contributed by atoms with Gasteiger partial charge in [0.1, 0.15) is 17.7 Å². The number of nitrogens with zero attached hydrogens (tertiary/aromatic N) is 3. The van der Waals surface area contributed by atoms with Crippen molar-refractivity contribution in [2.75, 3.05) is 12.3 Å². The molecule has 4 N–H and O–H groups in total. The van der Waals surface area contributed by atoms with E-state index >= 15 is 0 Å². The van der Waals surface area contributed by atoms with Crippen LogP contribution in [0, 0.1) is 0 Å². The van der Waals surface area contributed by atoms with Crippen LogP contribution in [0.15, 0.2) is 6.33 Å². The largest absolute Gasteiger partial charge is 0.382 e. The van der Waals surface area contributed by atoms with Crippen molar-refractivity contribution in [3.63, 3.8) is 0 Å². The third kappa shape index (κ3) is 1.34. The summed E-state index contributed by atoms with van der Waals surface area (Å²) in [6.45, 7) is 3.20. The molecule has 0 radical (unpaired) electrons. The van der Waals surface area contributed by atoms with Gasteiger partial charge in [-0.25, -0.2) is 15.0 Å². The van der Waals surface area contributed by atoms with Gasteiger partial charge in [-0.2, -0.15) is 0 Å². The van der Waals surface area contributed by atoms with Crippen molar-refractivity contribution in [2.45, 2.75) is 25.3 Å². The zero-order valence-electron chi connectivity index (χ0n) is 9.07. The van der Waals surface area contributed by atoms with Crippen molar-refractivity contribution >= 4 is 17.0 Å². The molecule has 2 atom stereocenters. The second kappa shape index (κ2) is 3.41. The molecule has 2 aromatic heterocycles. The summed E-state index contributed by atoms with van der Waals surface area (Å²) in [5.41, 5.74) is 7.17. The van der Waals surface area contributed by atoms with E-state index in [0.717, 1.165) is 24.3 Å².